The molecule has 72 valence electrons. The van der Waals surface area contributed by atoms with Gasteiger partial charge in [0.05, 0.1) is 0 Å². The predicted molar refractivity (Wildman–Crippen MR) is 53.9 cm³/mol. The molecule has 1 aliphatic heterocycles. The lowest BCUT2D eigenvalue weighted by Gasteiger charge is -2.39. The van der Waals surface area contributed by atoms with Crippen LogP contribution in [0, 0.1) is 0 Å². The third kappa shape index (κ3) is 2.35. The third-order valence-electron chi connectivity index (χ3n) is 2.66. The van der Waals surface area contributed by atoms with E-state index in [2.05, 4.69) is 24.1 Å². The van der Waals surface area contributed by atoms with Gasteiger partial charge in [0.1, 0.15) is 0 Å². The van der Waals surface area contributed by atoms with Crippen LogP contribution in [0.4, 0.5) is 0 Å². The Bertz CT molecular complexity index is 155. The SMILES string of the molecule is CC1(C)CN(C2CC2)CCN1.Cl. The van der Waals surface area contributed by atoms with Crippen molar-refractivity contribution in [2.24, 2.45) is 0 Å². The topological polar surface area (TPSA) is 15.3 Å². The molecule has 0 atom stereocenters. The van der Waals surface area contributed by atoms with E-state index in [1.54, 1.807) is 0 Å². The minimum absolute atomic E-state index is 0. The van der Waals surface area contributed by atoms with Gasteiger partial charge in [-0.15, -0.1) is 12.4 Å². The fourth-order valence-corrected chi connectivity index (χ4v) is 1.93. The van der Waals surface area contributed by atoms with Gasteiger partial charge in [-0.3, -0.25) is 4.90 Å². The summed E-state index contributed by atoms with van der Waals surface area (Å²) < 4.78 is 0. The highest BCUT2D eigenvalue weighted by atomic mass is 35.5. The number of hydrogen-bond acceptors (Lipinski definition) is 2. The lowest BCUT2D eigenvalue weighted by molar-refractivity contribution is 0.147. The number of rotatable bonds is 1. The highest BCUT2D eigenvalue weighted by Gasteiger charge is 2.34. The maximum absolute atomic E-state index is 3.53. The fraction of sp³-hybridized carbons (Fsp3) is 1.00. The molecule has 0 unspecified atom stereocenters. The summed E-state index contributed by atoms with van der Waals surface area (Å²) in [4.78, 5) is 2.64. The van der Waals surface area contributed by atoms with E-state index in [9.17, 15) is 0 Å². The molecule has 0 aromatic heterocycles. The minimum atomic E-state index is 0. The summed E-state index contributed by atoms with van der Waals surface area (Å²) >= 11 is 0. The van der Waals surface area contributed by atoms with Gasteiger partial charge >= 0.3 is 0 Å². The number of nitrogens with one attached hydrogen (secondary N) is 1. The number of hydrogen-bond donors (Lipinski definition) is 1. The van der Waals surface area contributed by atoms with E-state index in [4.69, 9.17) is 0 Å². The molecule has 0 spiro atoms. The number of piperazine rings is 1. The zero-order chi connectivity index (χ0) is 7.90. The normalized spacial score (nSPS) is 29.5. The Morgan fingerprint density at radius 3 is 2.50 bits per heavy atom. The molecule has 0 aromatic rings. The Morgan fingerprint density at radius 2 is 2.00 bits per heavy atom. The van der Waals surface area contributed by atoms with Crippen LogP contribution in [0.1, 0.15) is 26.7 Å². The Morgan fingerprint density at radius 1 is 1.33 bits per heavy atom. The summed E-state index contributed by atoms with van der Waals surface area (Å²) in [5.74, 6) is 0. The van der Waals surface area contributed by atoms with Crippen molar-refractivity contribution in [3.8, 4) is 0 Å². The summed E-state index contributed by atoms with van der Waals surface area (Å²) in [7, 11) is 0. The molecule has 2 rings (SSSR count). The van der Waals surface area contributed by atoms with Gasteiger partial charge in [0.2, 0.25) is 0 Å². The van der Waals surface area contributed by atoms with Crippen LogP contribution in [0.15, 0.2) is 0 Å². The van der Waals surface area contributed by atoms with E-state index in [1.807, 2.05) is 0 Å². The van der Waals surface area contributed by atoms with Crippen molar-refractivity contribution in [2.75, 3.05) is 19.6 Å². The summed E-state index contributed by atoms with van der Waals surface area (Å²) in [5.41, 5.74) is 0.348. The van der Waals surface area contributed by atoms with Crippen molar-refractivity contribution in [3.63, 3.8) is 0 Å². The van der Waals surface area contributed by atoms with Gasteiger partial charge in [0, 0.05) is 31.2 Å². The summed E-state index contributed by atoms with van der Waals surface area (Å²) in [5, 5.41) is 3.53. The maximum atomic E-state index is 3.53. The Kier molecular flexibility index (Phi) is 3.02. The second kappa shape index (κ2) is 3.52. The second-order valence-corrected chi connectivity index (χ2v) is 4.51. The van der Waals surface area contributed by atoms with Crippen LogP contribution in [0.25, 0.3) is 0 Å². The summed E-state index contributed by atoms with van der Waals surface area (Å²) in [6.45, 7) is 8.25. The van der Waals surface area contributed by atoms with Gasteiger partial charge < -0.3 is 5.32 Å². The van der Waals surface area contributed by atoms with Gasteiger partial charge in [0.25, 0.3) is 0 Å². The molecule has 0 radical (unpaired) electrons. The molecule has 12 heavy (non-hydrogen) atoms. The van der Waals surface area contributed by atoms with Crippen molar-refractivity contribution < 1.29 is 0 Å². The average Bonchev–Trinajstić information content (AvgIpc) is 2.65. The molecule has 0 bridgehead atoms. The van der Waals surface area contributed by atoms with Crippen LogP contribution in [0.5, 0.6) is 0 Å². The first-order valence-corrected chi connectivity index (χ1v) is 4.66. The lowest BCUT2D eigenvalue weighted by atomic mass is 10.0. The van der Waals surface area contributed by atoms with Crippen LogP contribution in [-0.4, -0.2) is 36.1 Å². The van der Waals surface area contributed by atoms with Gasteiger partial charge in [0.15, 0.2) is 0 Å². The van der Waals surface area contributed by atoms with Crippen LogP contribution < -0.4 is 5.32 Å². The van der Waals surface area contributed by atoms with E-state index in [-0.39, 0.29) is 12.4 Å². The van der Waals surface area contributed by atoms with Gasteiger partial charge in [-0.1, -0.05) is 0 Å². The molecule has 2 aliphatic rings. The van der Waals surface area contributed by atoms with Crippen molar-refractivity contribution in [3.05, 3.63) is 0 Å². The lowest BCUT2D eigenvalue weighted by Crippen LogP contribution is -2.57. The predicted octanol–water partition coefficient (Wildman–Crippen LogP) is 1.25. The van der Waals surface area contributed by atoms with Gasteiger partial charge in [-0.25, -0.2) is 0 Å². The molecule has 1 saturated carbocycles. The largest absolute Gasteiger partial charge is 0.309 e. The van der Waals surface area contributed by atoms with Crippen molar-refractivity contribution in [1.82, 2.24) is 10.2 Å². The third-order valence-corrected chi connectivity index (χ3v) is 2.66. The molecule has 3 heteroatoms. The molecule has 1 saturated heterocycles. The zero-order valence-electron chi connectivity index (χ0n) is 7.97. The van der Waals surface area contributed by atoms with Crippen LogP contribution in [-0.2, 0) is 0 Å². The van der Waals surface area contributed by atoms with Gasteiger partial charge in [-0.05, 0) is 26.7 Å². The van der Waals surface area contributed by atoms with E-state index >= 15 is 0 Å². The molecule has 0 aromatic carbocycles. The standard InChI is InChI=1S/C9H18N2.ClH/c1-9(2)7-11(6-5-10-9)8-3-4-8;/h8,10H,3-7H2,1-2H3;1H. The molecule has 1 N–H and O–H groups in total. The van der Waals surface area contributed by atoms with E-state index in [0.717, 1.165) is 6.04 Å². The number of halogens is 1. The molecule has 1 heterocycles. The molecule has 1 aliphatic carbocycles. The second-order valence-electron chi connectivity index (χ2n) is 4.51. The quantitative estimate of drug-likeness (QED) is 0.670. The average molecular weight is 191 g/mol. The van der Waals surface area contributed by atoms with Gasteiger partial charge in [-0.2, -0.15) is 0 Å². The van der Waals surface area contributed by atoms with Crippen LogP contribution in [0.3, 0.4) is 0 Å². The maximum Gasteiger partial charge on any atom is 0.0252 e. The van der Waals surface area contributed by atoms with Crippen LogP contribution >= 0.6 is 12.4 Å². The first-order valence-electron chi connectivity index (χ1n) is 4.66. The zero-order valence-corrected chi connectivity index (χ0v) is 8.78. The molecule has 2 fully saturated rings. The van der Waals surface area contributed by atoms with E-state index < -0.39 is 0 Å². The Labute approximate surface area is 81.1 Å². The monoisotopic (exact) mass is 190 g/mol. The number of nitrogens with zero attached hydrogens (tertiary/aromatic N) is 1. The van der Waals surface area contributed by atoms with E-state index in [0.29, 0.717) is 5.54 Å². The van der Waals surface area contributed by atoms with Crippen LogP contribution in [0.2, 0.25) is 0 Å². The van der Waals surface area contributed by atoms with Crippen molar-refractivity contribution in [2.45, 2.75) is 38.3 Å². The molecule has 0 amide bonds. The fourth-order valence-electron chi connectivity index (χ4n) is 1.93. The molecular weight excluding hydrogens is 172 g/mol. The highest BCUT2D eigenvalue weighted by molar-refractivity contribution is 5.85. The highest BCUT2D eigenvalue weighted by Crippen LogP contribution is 2.28. The van der Waals surface area contributed by atoms with E-state index in [1.165, 1.54) is 32.5 Å². The first-order chi connectivity index (χ1) is 5.17. The summed E-state index contributed by atoms with van der Waals surface area (Å²) in [6.07, 6.45) is 2.88. The summed E-state index contributed by atoms with van der Waals surface area (Å²) in [6, 6.07) is 0.941. The minimum Gasteiger partial charge on any atom is -0.309 e. The first kappa shape index (κ1) is 10.3. The molecule has 2 nitrogen and oxygen atoms in total. The molecular formula is C9H19ClN2. The van der Waals surface area contributed by atoms with Crippen molar-refractivity contribution >= 4 is 12.4 Å². The smallest absolute Gasteiger partial charge is 0.0252 e. The Balaban J connectivity index is 0.000000720. The Hall–Kier alpha value is 0.210. The van der Waals surface area contributed by atoms with Crippen molar-refractivity contribution in [1.29, 1.82) is 0 Å².